The lowest BCUT2D eigenvalue weighted by Gasteiger charge is -2.39. The molecule has 2 fully saturated rings. The number of fused-ring (bicyclic) bond motifs is 1. The molecule has 0 unspecified atom stereocenters. The van der Waals surface area contributed by atoms with E-state index in [2.05, 4.69) is 20.1 Å². The largest absolute Gasteiger partial charge is 0.384 e. The molecule has 0 aromatic carbocycles. The van der Waals surface area contributed by atoms with Crippen LogP contribution in [0.25, 0.3) is 22.3 Å². The van der Waals surface area contributed by atoms with Gasteiger partial charge in [-0.05, 0) is 36.8 Å². The zero-order valence-electron chi connectivity index (χ0n) is 16.1. The second-order valence-electron chi connectivity index (χ2n) is 7.94. The maximum absolute atomic E-state index is 13.2. The molecule has 0 saturated carbocycles. The van der Waals surface area contributed by atoms with E-state index < -0.39 is 0 Å². The summed E-state index contributed by atoms with van der Waals surface area (Å²) in [5.74, 6) is 0.954. The van der Waals surface area contributed by atoms with Gasteiger partial charge in [0.2, 0.25) is 5.95 Å². The van der Waals surface area contributed by atoms with Crippen LogP contribution in [0.5, 0.6) is 0 Å². The fourth-order valence-electron chi connectivity index (χ4n) is 4.38. The van der Waals surface area contributed by atoms with Crippen molar-refractivity contribution in [1.82, 2.24) is 24.7 Å². The number of halogens is 1. The molecule has 0 radical (unpaired) electrons. The van der Waals surface area contributed by atoms with Crippen LogP contribution >= 0.6 is 11.6 Å². The molecule has 5 heterocycles. The van der Waals surface area contributed by atoms with Crippen molar-refractivity contribution in [2.45, 2.75) is 19.3 Å². The van der Waals surface area contributed by atoms with Crippen LogP contribution in [0.15, 0.2) is 16.9 Å². The predicted molar refractivity (Wildman–Crippen MR) is 111 cm³/mol. The Bertz CT molecular complexity index is 1140. The van der Waals surface area contributed by atoms with E-state index in [0.717, 1.165) is 45.6 Å². The molecule has 3 aromatic heterocycles. The van der Waals surface area contributed by atoms with E-state index in [1.54, 1.807) is 23.7 Å². The van der Waals surface area contributed by atoms with Crippen molar-refractivity contribution in [3.05, 3.63) is 27.6 Å². The lowest BCUT2D eigenvalue weighted by Crippen LogP contribution is -2.43. The maximum atomic E-state index is 13.2. The third kappa shape index (κ3) is 2.96. The number of ether oxygens (including phenoxy) is 1. The van der Waals surface area contributed by atoms with Crippen molar-refractivity contribution in [3.63, 3.8) is 0 Å². The number of H-pyrrole nitrogens is 1. The van der Waals surface area contributed by atoms with Crippen LogP contribution in [0.2, 0.25) is 5.15 Å². The van der Waals surface area contributed by atoms with E-state index in [4.69, 9.17) is 27.1 Å². The molecule has 2 saturated heterocycles. The van der Waals surface area contributed by atoms with Crippen molar-refractivity contribution in [1.29, 1.82) is 0 Å². The second-order valence-corrected chi connectivity index (χ2v) is 8.29. The Kier molecular flexibility index (Phi) is 4.25. The van der Waals surface area contributed by atoms with Crippen molar-refractivity contribution >= 4 is 34.4 Å². The first-order chi connectivity index (χ1) is 14.0. The van der Waals surface area contributed by atoms with Crippen molar-refractivity contribution in [2.75, 3.05) is 36.9 Å². The van der Waals surface area contributed by atoms with Gasteiger partial charge in [0.15, 0.2) is 5.65 Å². The Balaban J connectivity index is 1.53. The van der Waals surface area contributed by atoms with Gasteiger partial charge in [-0.25, -0.2) is 4.98 Å². The summed E-state index contributed by atoms with van der Waals surface area (Å²) in [7, 11) is 1.74. The van der Waals surface area contributed by atoms with Crippen LogP contribution in [0.3, 0.4) is 0 Å². The predicted octanol–water partition coefficient (Wildman–Crippen LogP) is 1.96. The average Bonchev–Trinajstić information content (AvgIpc) is 3.33. The summed E-state index contributed by atoms with van der Waals surface area (Å²) in [6.45, 7) is 3.39. The molecular formula is C19H22ClN7O2. The maximum Gasteiger partial charge on any atom is 0.266 e. The standard InChI is InChI=1S/C19H22ClN7O2/c1-26-17(28)13-14(11-2-3-12(21)22-15(11)20)24-25-16(13)23-18(26)27-7-4-19(5-8-27)6-9-29-10-19/h2-3H,4-10H2,1H3,(H2,21,22)(H,24,25). The molecule has 2 aliphatic rings. The van der Waals surface area contributed by atoms with E-state index >= 15 is 0 Å². The molecule has 152 valence electrons. The van der Waals surface area contributed by atoms with E-state index in [0.29, 0.717) is 39.5 Å². The van der Waals surface area contributed by atoms with Crippen molar-refractivity contribution in [3.8, 4) is 11.3 Å². The highest BCUT2D eigenvalue weighted by Crippen LogP contribution is 2.40. The molecule has 3 aromatic rings. The normalized spacial score (nSPS) is 18.8. The fourth-order valence-corrected chi connectivity index (χ4v) is 4.63. The van der Waals surface area contributed by atoms with Gasteiger partial charge in [0, 0.05) is 32.3 Å². The molecule has 1 spiro atoms. The van der Waals surface area contributed by atoms with Crippen LogP contribution in [0.1, 0.15) is 19.3 Å². The monoisotopic (exact) mass is 415 g/mol. The van der Waals surface area contributed by atoms with Gasteiger partial charge in [0.25, 0.3) is 5.56 Å². The summed E-state index contributed by atoms with van der Waals surface area (Å²) < 4.78 is 7.20. The first-order valence-electron chi connectivity index (χ1n) is 9.68. The number of nitrogens with zero attached hydrogens (tertiary/aromatic N) is 5. The van der Waals surface area contributed by atoms with Gasteiger partial charge in [-0.1, -0.05) is 11.6 Å². The molecular weight excluding hydrogens is 394 g/mol. The van der Waals surface area contributed by atoms with E-state index in [1.807, 2.05) is 0 Å². The molecule has 5 rings (SSSR count). The lowest BCUT2D eigenvalue weighted by atomic mass is 9.78. The van der Waals surface area contributed by atoms with Crippen LogP contribution in [-0.2, 0) is 11.8 Å². The minimum Gasteiger partial charge on any atom is -0.384 e. The quantitative estimate of drug-likeness (QED) is 0.614. The van der Waals surface area contributed by atoms with Gasteiger partial charge in [-0.2, -0.15) is 10.1 Å². The number of piperidine rings is 1. The number of nitrogens with one attached hydrogen (secondary N) is 1. The molecule has 10 heteroatoms. The van der Waals surface area contributed by atoms with E-state index in [1.165, 1.54) is 0 Å². The van der Waals surface area contributed by atoms with Gasteiger partial charge in [-0.15, -0.1) is 0 Å². The zero-order chi connectivity index (χ0) is 20.2. The molecule has 0 atom stereocenters. The summed E-state index contributed by atoms with van der Waals surface area (Å²) in [5, 5.41) is 7.78. The van der Waals surface area contributed by atoms with Crippen LogP contribution < -0.4 is 16.2 Å². The minimum atomic E-state index is -0.175. The number of aromatic nitrogens is 5. The zero-order valence-corrected chi connectivity index (χ0v) is 16.9. The van der Waals surface area contributed by atoms with Gasteiger partial charge in [0.1, 0.15) is 22.1 Å². The van der Waals surface area contributed by atoms with Crippen molar-refractivity contribution in [2.24, 2.45) is 12.5 Å². The third-order valence-electron chi connectivity index (χ3n) is 6.19. The molecule has 9 nitrogen and oxygen atoms in total. The molecule has 3 N–H and O–H groups in total. The second kappa shape index (κ2) is 6.70. The van der Waals surface area contributed by atoms with Gasteiger partial charge >= 0.3 is 0 Å². The molecule has 0 aliphatic carbocycles. The van der Waals surface area contributed by atoms with Gasteiger partial charge in [0.05, 0.1) is 6.61 Å². The van der Waals surface area contributed by atoms with Gasteiger partial charge in [-0.3, -0.25) is 14.5 Å². The topological polar surface area (TPSA) is 115 Å². The van der Waals surface area contributed by atoms with Crippen molar-refractivity contribution < 1.29 is 4.74 Å². The highest BCUT2D eigenvalue weighted by Gasteiger charge is 2.38. The Morgan fingerprint density at radius 2 is 2.03 bits per heavy atom. The molecule has 0 amide bonds. The van der Waals surface area contributed by atoms with E-state index in [-0.39, 0.29) is 10.7 Å². The first kappa shape index (κ1) is 18.4. The number of hydrogen-bond donors (Lipinski definition) is 2. The average molecular weight is 416 g/mol. The molecule has 0 bridgehead atoms. The van der Waals surface area contributed by atoms with E-state index in [9.17, 15) is 4.79 Å². The summed E-state index contributed by atoms with van der Waals surface area (Å²) in [4.78, 5) is 24.1. The highest BCUT2D eigenvalue weighted by molar-refractivity contribution is 6.32. The Morgan fingerprint density at radius 1 is 1.24 bits per heavy atom. The third-order valence-corrected chi connectivity index (χ3v) is 6.48. The number of nitrogen functional groups attached to an aromatic ring is 1. The summed E-state index contributed by atoms with van der Waals surface area (Å²) in [6.07, 6.45) is 3.20. The number of aromatic amines is 1. The van der Waals surface area contributed by atoms with Gasteiger partial charge < -0.3 is 15.4 Å². The Hall–Kier alpha value is -2.65. The number of nitrogens with two attached hydrogens (primary N) is 1. The van der Waals surface area contributed by atoms with Crippen LogP contribution in [0, 0.1) is 5.41 Å². The minimum absolute atomic E-state index is 0.175. The lowest BCUT2D eigenvalue weighted by molar-refractivity contribution is 0.133. The summed E-state index contributed by atoms with van der Waals surface area (Å²) >= 11 is 6.23. The fraction of sp³-hybridized carbons (Fsp3) is 0.474. The SMILES string of the molecule is Cn1c(N2CCC3(CCOC3)CC2)nc2[nH]nc(-c3ccc(N)nc3Cl)c2c1=O. The Labute approximate surface area is 171 Å². The summed E-state index contributed by atoms with van der Waals surface area (Å²) in [5.41, 5.74) is 7.20. The first-order valence-corrected chi connectivity index (χ1v) is 10.1. The smallest absolute Gasteiger partial charge is 0.266 e. The summed E-state index contributed by atoms with van der Waals surface area (Å²) in [6, 6.07) is 3.34. The number of hydrogen-bond acceptors (Lipinski definition) is 7. The van der Waals surface area contributed by atoms with Crippen LogP contribution in [0.4, 0.5) is 11.8 Å². The molecule has 29 heavy (non-hydrogen) atoms. The number of anilines is 2. The van der Waals surface area contributed by atoms with Crippen LogP contribution in [-0.4, -0.2) is 51.0 Å². The highest BCUT2D eigenvalue weighted by atomic mass is 35.5. The Morgan fingerprint density at radius 3 is 2.72 bits per heavy atom. The number of pyridine rings is 1. The number of rotatable bonds is 2. The molecule has 2 aliphatic heterocycles.